The number of rotatable bonds is 4. The zero-order chi connectivity index (χ0) is 14.6. The molecule has 0 radical (unpaired) electrons. The first kappa shape index (κ1) is 14.9. The molecule has 1 aliphatic rings. The average Bonchev–Trinajstić information content (AvgIpc) is 2.39. The molecule has 1 aromatic heterocycles. The maximum Gasteiger partial charge on any atom is 0.224 e. The van der Waals surface area contributed by atoms with Crippen LogP contribution in [0.15, 0.2) is 23.4 Å². The van der Waals surface area contributed by atoms with Gasteiger partial charge in [-0.3, -0.25) is 4.79 Å². The Bertz CT molecular complexity index is 563. The standard InChI is InChI=1S/C13H19N3O3S/c1-20(18,19)13-5-4-11(9-15-13)16-12(17)7-10-3-2-6-14-8-10/h4-5,9-10,14H,2-3,6-8H2,1H3,(H,16,17). The first-order valence-electron chi connectivity index (χ1n) is 6.62. The van der Waals surface area contributed by atoms with Crippen LogP contribution in [0.25, 0.3) is 0 Å². The van der Waals surface area contributed by atoms with Crippen LogP contribution in [0.1, 0.15) is 19.3 Å². The zero-order valence-electron chi connectivity index (χ0n) is 11.4. The topological polar surface area (TPSA) is 88.2 Å². The third-order valence-corrected chi connectivity index (χ3v) is 4.27. The maximum absolute atomic E-state index is 11.9. The summed E-state index contributed by atoms with van der Waals surface area (Å²) in [6.45, 7) is 1.90. The highest BCUT2D eigenvalue weighted by molar-refractivity contribution is 7.90. The number of nitrogens with zero attached hydrogens (tertiary/aromatic N) is 1. The van der Waals surface area contributed by atoms with Crippen LogP contribution in [0.3, 0.4) is 0 Å². The van der Waals surface area contributed by atoms with Gasteiger partial charge in [-0.1, -0.05) is 0 Å². The lowest BCUT2D eigenvalue weighted by Gasteiger charge is -2.22. The number of nitrogens with one attached hydrogen (secondary N) is 2. The molecule has 2 rings (SSSR count). The van der Waals surface area contributed by atoms with E-state index in [1.165, 1.54) is 12.3 Å². The molecule has 1 aromatic rings. The molecule has 0 spiro atoms. The summed E-state index contributed by atoms with van der Waals surface area (Å²) in [5.41, 5.74) is 0.520. The summed E-state index contributed by atoms with van der Waals surface area (Å²) in [6, 6.07) is 2.95. The molecular formula is C13H19N3O3S. The van der Waals surface area contributed by atoms with Crippen molar-refractivity contribution in [1.82, 2.24) is 10.3 Å². The van der Waals surface area contributed by atoms with Crippen molar-refractivity contribution in [3.8, 4) is 0 Å². The van der Waals surface area contributed by atoms with E-state index in [9.17, 15) is 13.2 Å². The number of aromatic nitrogens is 1. The Balaban J connectivity index is 1.91. The summed E-state index contributed by atoms with van der Waals surface area (Å²) >= 11 is 0. The Hall–Kier alpha value is -1.47. The molecule has 1 saturated heterocycles. The van der Waals surface area contributed by atoms with E-state index in [2.05, 4.69) is 15.6 Å². The van der Waals surface area contributed by atoms with Crippen LogP contribution < -0.4 is 10.6 Å². The van der Waals surface area contributed by atoms with Gasteiger partial charge in [0, 0.05) is 12.7 Å². The van der Waals surface area contributed by atoms with Crippen molar-refractivity contribution in [2.45, 2.75) is 24.3 Å². The molecule has 1 amide bonds. The molecule has 0 aliphatic carbocycles. The molecule has 20 heavy (non-hydrogen) atoms. The van der Waals surface area contributed by atoms with Crippen molar-refractivity contribution in [1.29, 1.82) is 0 Å². The van der Waals surface area contributed by atoms with Crippen molar-refractivity contribution in [2.24, 2.45) is 5.92 Å². The van der Waals surface area contributed by atoms with Crippen LogP contribution >= 0.6 is 0 Å². The van der Waals surface area contributed by atoms with Gasteiger partial charge in [-0.2, -0.15) is 0 Å². The fourth-order valence-electron chi connectivity index (χ4n) is 2.25. The first-order chi connectivity index (χ1) is 9.45. The summed E-state index contributed by atoms with van der Waals surface area (Å²) in [7, 11) is -3.30. The molecular weight excluding hydrogens is 278 g/mol. The van der Waals surface area contributed by atoms with E-state index in [4.69, 9.17) is 0 Å². The van der Waals surface area contributed by atoms with Gasteiger partial charge in [-0.05, 0) is 44.0 Å². The fraction of sp³-hybridized carbons (Fsp3) is 0.538. The van der Waals surface area contributed by atoms with E-state index >= 15 is 0 Å². The van der Waals surface area contributed by atoms with Crippen LogP contribution in [0.5, 0.6) is 0 Å². The van der Waals surface area contributed by atoms with Gasteiger partial charge >= 0.3 is 0 Å². The Kier molecular flexibility index (Phi) is 4.72. The van der Waals surface area contributed by atoms with Crippen LogP contribution in [0.2, 0.25) is 0 Å². The monoisotopic (exact) mass is 297 g/mol. The zero-order valence-corrected chi connectivity index (χ0v) is 12.2. The van der Waals surface area contributed by atoms with Gasteiger partial charge in [0.25, 0.3) is 0 Å². The Morgan fingerprint density at radius 3 is 2.85 bits per heavy atom. The summed E-state index contributed by atoms with van der Waals surface area (Å²) in [5, 5.41) is 6.02. The van der Waals surface area contributed by atoms with E-state index < -0.39 is 9.84 Å². The molecule has 110 valence electrons. The maximum atomic E-state index is 11.9. The fourth-order valence-corrected chi connectivity index (χ4v) is 2.81. The van der Waals surface area contributed by atoms with E-state index in [1.54, 1.807) is 6.07 Å². The van der Waals surface area contributed by atoms with Crippen LogP contribution in [-0.4, -0.2) is 38.7 Å². The van der Waals surface area contributed by atoms with Gasteiger partial charge in [-0.15, -0.1) is 0 Å². The van der Waals surface area contributed by atoms with Gasteiger partial charge < -0.3 is 10.6 Å². The second-order valence-electron chi connectivity index (χ2n) is 5.12. The van der Waals surface area contributed by atoms with E-state index in [0.29, 0.717) is 18.0 Å². The minimum absolute atomic E-state index is 0.00646. The predicted molar refractivity (Wildman–Crippen MR) is 76.2 cm³/mol. The second-order valence-corrected chi connectivity index (χ2v) is 7.08. The van der Waals surface area contributed by atoms with E-state index in [-0.39, 0.29) is 10.9 Å². The molecule has 2 N–H and O–H groups in total. The lowest BCUT2D eigenvalue weighted by atomic mass is 9.96. The highest BCUT2D eigenvalue weighted by Gasteiger charge is 2.17. The van der Waals surface area contributed by atoms with Crippen LogP contribution in [0, 0.1) is 5.92 Å². The second kappa shape index (κ2) is 6.32. The Morgan fingerprint density at radius 1 is 1.50 bits per heavy atom. The number of amides is 1. The number of hydrogen-bond acceptors (Lipinski definition) is 5. The summed E-state index contributed by atoms with van der Waals surface area (Å²) < 4.78 is 22.5. The van der Waals surface area contributed by atoms with Crippen molar-refractivity contribution < 1.29 is 13.2 Å². The van der Waals surface area contributed by atoms with Crippen LogP contribution in [0.4, 0.5) is 5.69 Å². The van der Waals surface area contributed by atoms with Crippen molar-refractivity contribution in [3.63, 3.8) is 0 Å². The van der Waals surface area contributed by atoms with Gasteiger partial charge in [0.05, 0.1) is 11.9 Å². The molecule has 1 fully saturated rings. The lowest BCUT2D eigenvalue weighted by molar-refractivity contribution is -0.117. The largest absolute Gasteiger partial charge is 0.325 e. The highest BCUT2D eigenvalue weighted by atomic mass is 32.2. The summed E-state index contributed by atoms with van der Waals surface area (Å²) in [6.07, 6.45) is 5.10. The molecule has 1 unspecified atom stereocenters. The molecule has 0 bridgehead atoms. The number of carbonyl (C=O) groups excluding carboxylic acids is 1. The number of carbonyl (C=O) groups is 1. The predicted octanol–water partition coefficient (Wildman–Crippen LogP) is 0.813. The number of hydrogen-bond donors (Lipinski definition) is 2. The minimum atomic E-state index is -3.30. The quantitative estimate of drug-likeness (QED) is 0.859. The normalized spacial score (nSPS) is 19.6. The van der Waals surface area contributed by atoms with Crippen LogP contribution in [-0.2, 0) is 14.6 Å². The molecule has 0 aromatic carbocycles. The minimum Gasteiger partial charge on any atom is -0.325 e. The molecule has 6 nitrogen and oxygen atoms in total. The summed E-state index contributed by atoms with van der Waals surface area (Å²) in [4.78, 5) is 15.7. The van der Waals surface area contributed by atoms with Gasteiger partial charge in [-0.25, -0.2) is 13.4 Å². The van der Waals surface area contributed by atoms with Crippen molar-refractivity contribution in [2.75, 3.05) is 24.7 Å². The average molecular weight is 297 g/mol. The van der Waals surface area contributed by atoms with Crippen molar-refractivity contribution >= 4 is 21.4 Å². The van der Waals surface area contributed by atoms with E-state index in [1.807, 2.05) is 0 Å². The van der Waals surface area contributed by atoms with E-state index in [0.717, 1.165) is 32.2 Å². The Morgan fingerprint density at radius 2 is 2.30 bits per heavy atom. The smallest absolute Gasteiger partial charge is 0.224 e. The molecule has 2 heterocycles. The van der Waals surface area contributed by atoms with Gasteiger partial charge in [0.15, 0.2) is 14.9 Å². The first-order valence-corrected chi connectivity index (χ1v) is 8.51. The summed E-state index contributed by atoms with van der Waals surface area (Å²) in [5.74, 6) is 0.305. The lowest BCUT2D eigenvalue weighted by Crippen LogP contribution is -2.32. The SMILES string of the molecule is CS(=O)(=O)c1ccc(NC(=O)CC2CCCNC2)cn1. The molecule has 0 saturated carbocycles. The molecule has 1 atom stereocenters. The number of pyridine rings is 1. The third kappa shape index (κ3) is 4.28. The number of piperidine rings is 1. The molecule has 1 aliphatic heterocycles. The Labute approximate surface area is 118 Å². The highest BCUT2D eigenvalue weighted by Crippen LogP contribution is 2.16. The third-order valence-electron chi connectivity index (χ3n) is 3.27. The molecule has 7 heteroatoms. The number of sulfone groups is 1. The van der Waals surface area contributed by atoms with Crippen molar-refractivity contribution in [3.05, 3.63) is 18.3 Å². The van der Waals surface area contributed by atoms with Gasteiger partial charge in [0.2, 0.25) is 5.91 Å². The van der Waals surface area contributed by atoms with Gasteiger partial charge in [0.1, 0.15) is 0 Å². The number of anilines is 1.